The maximum atomic E-state index is 4.53. The van der Waals surface area contributed by atoms with Gasteiger partial charge in [-0.1, -0.05) is 42.5 Å². The Labute approximate surface area is 131 Å². The molecule has 3 rings (SSSR count). The molecule has 1 atom stereocenters. The molecule has 2 heteroatoms. The number of aryl methyl sites for hydroxylation is 2. The van der Waals surface area contributed by atoms with Gasteiger partial charge < -0.3 is 5.32 Å². The van der Waals surface area contributed by atoms with E-state index in [2.05, 4.69) is 72.7 Å². The summed E-state index contributed by atoms with van der Waals surface area (Å²) in [7, 11) is 0. The molecule has 0 bridgehead atoms. The van der Waals surface area contributed by atoms with Crippen LogP contribution in [-0.2, 0) is 0 Å². The number of aromatic nitrogens is 1. The fourth-order valence-corrected chi connectivity index (χ4v) is 2.52. The third kappa shape index (κ3) is 3.17. The van der Waals surface area contributed by atoms with Crippen LogP contribution < -0.4 is 5.32 Å². The highest BCUT2D eigenvalue weighted by molar-refractivity contribution is 5.51. The fraction of sp³-hybridized carbons (Fsp3) is 0.150. The van der Waals surface area contributed by atoms with Gasteiger partial charge >= 0.3 is 0 Å². The third-order valence-corrected chi connectivity index (χ3v) is 3.93. The standard InChI is InChI=1S/C20H20N2/c1-15-11-12-18(14-16(15)2)22-20(17-8-4-3-5-9-17)19-10-6-7-13-21-19/h3-14,20,22H,1-2H3. The summed E-state index contributed by atoms with van der Waals surface area (Å²) in [5.74, 6) is 0. The number of anilines is 1. The lowest BCUT2D eigenvalue weighted by molar-refractivity contribution is 0.886. The molecular formula is C20H20N2. The molecule has 1 heterocycles. The van der Waals surface area contributed by atoms with E-state index >= 15 is 0 Å². The topological polar surface area (TPSA) is 24.9 Å². The Balaban J connectivity index is 1.97. The highest BCUT2D eigenvalue weighted by atomic mass is 14.9. The van der Waals surface area contributed by atoms with Gasteiger partial charge in [0.2, 0.25) is 0 Å². The van der Waals surface area contributed by atoms with Gasteiger partial charge in [0.1, 0.15) is 0 Å². The van der Waals surface area contributed by atoms with E-state index in [4.69, 9.17) is 0 Å². The van der Waals surface area contributed by atoms with E-state index in [0.717, 1.165) is 11.4 Å². The first-order valence-corrected chi connectivity index (χ1v) is 7.54. The van der Waals surface area contributed by atoms with Crippen LogP contribution in [0.2, 0.25) is 0 Å². The first-order valence-electron chi connectivity index (χ1n) is 7.54. The number of nitrogens with one attached hydrogen (secondary N) is 1. The van der Waals surface area contributed by atoms with Gasteiger partial charge in [0.15, 0.2) is 0 Å². The van der Waals surface area contributed by atoms with E-state index in [1.807, 2.05) is 24.4 Å². The van der Waals surface area contributed by atoms with Gasteiger partial charge in [-0.2, -0.15) is 0 Å². The van der Waals surface area contributed by atoms with E-state index < -0.39 is 0 Å². The van der Waals surface area contributed by atoms with Gasteiger partial charge in [-0.3, -0.25) is 4.98 Å². The number of pyridine rings is 1. The highest BCUT2D eigenvalue weighted by Gasteiger charge is 2.15. The van der Waals surface area contributed by atoms with E-state index in [-0.39, 0.29) is 6.04 Å². The second-order valence-electron chi connectivity index (χ2n) is 5.54. The monoisotopic (exact) mass is 288 g/mol. The van der Waals surface area contributed by atoms with Gasteiger partial charge in [0, 0.05) is 11.9 Å². The Kier molecular flexibility index (Phi) is 4.19. The molecule has 1 unspecified atom stereocenters. The summed E-state index contributed by atoms with van der Waals surface area (Å²) >= 11 is 0. The third-order valence-electron chi connectivity index (χ3n) is 3.93. The minimum atomic E-state index is 0.0458. The molecule has 2 aromatic carbocycles. The number of nitrogens with zero attached hydrogens (tertiary/aromatic N) is 1. The summed E-state index contributed by atoms with van der Waals surface area (Å²) in [5, 5.41) is 3.62. The maximum absolute atomic E-state index is 4.53. The van der Waals surface area contributed by atoms with Crippen LogP contribution in [0.3, 0.4) is 0 Å². The fourth-order valence-electron chi connectivity index (χ4n) is 2.52. The van der Waals surface area contributed by atoms with Crippen molar-refractivity contribution < 1.29 is 0 Å². The van der Waals surface area contributed by atoms with Gasteiger partial charge in [-0.25, -0.2) is 0 Å². The summed E-state index contributed by atoms with van der Waals surface area (Å²) in [6.07, 6.45) is 1.84. The average molecular weight is 288 g/mol. The summed E-state index contributed by atoms with van der Waals surface area (Å²) in [6, 6.07) is 23.0. The van der Waals surface area contributed by atoms with Crippen molar-refractivity contribution in [1.29, 1.82) is 0 Å². The van der Waals surface area contributed by atoms with E-state index in [0.29, 0.717) is 0 Å². The summed E-state index contributed by atoms with van der Waals surface area (Å²) < 4.78 is 0. The molecule has 0 aliphatic rings. The Morgan fingerprint density at radius 2 is 1.59 bits per heavy atom. The van der Waals surface area contributed by atoms with Crippen LogP contribution in [0.4, 0.5) is 5.69 Å². The Hall–Kier alpha value is -2.61. The number of hydrogen-bond acceptors (Lipinski definition) is 2. The van der Waals surface area contributed by atoms with Crippen molar-refractivity contribution in [2.75, 3.05) is 5.32 Å². The van der Waals surface area contributed by atoms with E-state index in [1.54, 1.807) is 0 Å². The van der Waals surface area contributed by atoms with Gasteiger partial charge in [0.05, 0.1) is 11.7 Å². The molecule has 0 fully saturated rings. The quantitative estimate of drug-likeness (QED) is 0.738. The number of benzene rings is 2. The highest BCUT2D eigenvalue weighted by Crippen LogP contribution is 2.26. The molecule has 0 spiro atoms. The van der Waals surface area contributed by atoms with Gasteiger partial charge in [-0.15, -0.1) is 0 Å². The van der Waals surface area contributed by atoms with Crippen molar-refractivity contribution in [1.82, 2.24) is 4.98 Å². The second kappa shape index (κ2) is 6.44. The Morgan fingerprint density at radius 1 is 0.818 bits per heavy atom. The van der Waals surface area contributed by atoms with Gasteiger partial charge in [-0.05, 0) is 54.8 Å². The molecule has 0 radical (unpaired) electrons. The van der Waals surface area contributed by atoms with Crippen molar-refractivity contribution in [2.24, 2.45) is 0 Å². The van der Waals surface area contributed by atoms with Crippen LogP contribution in [-0.4, -0.2) is 4.98 Å². The van der Waals surface area contributed by atoms with E-state index in [1.165, 1.54) is 16.7 Å². The zero-order valence-corrected chi connectivity index (χ0v) is 13.0. The lowest BCUT2D eigenvalue weighted by atomic mass is 10.0. The number of rotatable bonds is 4. The predicted octanol–water partition coefficient (Wildman–Crippen LogP) is 4.90. The van der Waals surface area contributed by atoms with Crippen LogP contribution in [0.15, 0.2) is 72.9 Å². The molecule has 2 nitrogen and oxygen atoms in total. The van der Waals surface area contributed by atoms with Crippen molar-refractivity contribution in [3.05, 3.63) is 95.3 Å². The molecule has 0 aliphatic heterocycles. The molecule has 0 saturated heterocycles. The van der Waals surface area contributed by atoms with Crippen LogP contribution in [0.1, 0.15) is 28.4 Å². The van der Waals surface area contributed by atoms with Crippen LogP contribution >= 0.6 is 0 Å². The van der Waals surface area contributed by atoms with Crippen molar-refractivity contribution in [2.45, 2.75) is 19.9 Å². The molecule has 0 saturated carbocycles. The molecule has 110 valence electrons. The minimum Gasteiger partial charge on any atom is -0.373 e. The average Bonchev–Trinajstić information content (AvgIpc) is 2.57. The lowest BCUT2D eigenvalue weighted by Crippen LogP contribution is -2.13. The van der Waals surface area contributed by atoms with Crippen molar-refractivity contribution in [3.63, 3.8) is 0 Å². The molecular weight excluding hydrogens is 268 g/mol. The van der Waals surface area contributed by atoms with Gasteiger partial charge in [0.25, 0.3) is 0 Å². The van der Waals surface area contributed by atoms with Crippen molar-refractivity contribution >= 4 is 5.69 Å². The minimum absolute atomic E-state index is 0.0458. The molecule has 1 aromatic heterocycles. The predicted molar refractivity (Wildman–Crippen MR) is 92.1 cm³/mol. The van der Waals surface area contributed by atoms with Crippen LogP contribution in [0, 0.1) is 13.8 Å². The lowest BCUT2D eigenvalue weighted by Gasteiger charge is -2.20. The zero-order valence-electron chi connectivity index (χ0n) is 13.0. The first kappa shape index (κ1) is 14.3. The SMILES string of the molecule is Cc1ccc(NC(c2ccccc2)c2ccccn2)cc1C. The maximum Gasteiger partial charge on any atom is 0.0940 e. The second-order valence-corrected chi connectivity index (χ2v) is 5.54. The summed E-state index contributed by atoms with van der Waals surface area (Å²) in [4.78, 5) is 4.53. The van der Waals surface area contributed by atoms with Crippen molar-refractivity contribution in [3.8, 4) is 0 Å². The molecule has 3 aromatic rings. The normalized spacial score (nSPS) is 11.9. The Morgan fingerprint density at radius 3 is 2.27 bits per heavy atom. The smallest absolute Gasteiger partial charge is 0.0940 e. The van der Waals surface area contributed by atoms with Crippen LogP contribution in [0.25, 0.3) is 0 Å². The molecule has 1 N–H and O–H groups in total. The summed E-state index contributed by atoms with van der Waals surface area (Å²) in [6.45, 7) is 4.27. The van der Waals surface area contributed by atoms with E-state index in [9.17, 15) is 0 Å². The summed E-state index contributed by atoms with van der Waals surface area (Å²) in [5.41, 5.74) is 5.94. The first-order chi connectivity index (χ1) is 10.7. The molecule has 0 amide bonds. The largest absolute Gasteiger partial charge is 0.373 e. The Bertz CT molecular complexity index is 697. The molecule has 22 heavy (non-hydrogen) atoms. The zero-order chi connectivity index (χ0) is 15.4. The number of hydrogen-bond donors (Lipinski definition) is 1. The molecule has 0 aliphatic carbocycles. The van der Waals surface area contributed by atoms with Crippen LogP contribution in [0.5, 0.6) is 0 Å².